The van der Waals surface area contributed by atoms with E-state index in [1.165, 1.54) is 0 Å². The summed E-state index contributed by atoms with van der Waals surface area (Å²) in [5.74, 6) is 0.431. The number of ketones is 2. The van der Waals surface area contributed by atoms with Crippen LogP contribution >= 0.6 is 0 Å². The molecule has 0 aromatic heterocycles. The Labute approximate surface area is 170 Å². The fourth-order valence-electron chi connectivity index (χ4n) is 3.45. The third-order valence-electron chi connectivity index (χ3n) is 5.03. The van der Waals surface area contributed by atoms with Crippen LogP contribution in [0.1, 0.15) is 33.2 Å². The number of carbonyl (C=O) groups is 2. The lowest BCUT2D eigenvalue weighted by Gasteiger charge is -2.20. The Kier molecular flexibility index (Phi) is 5.00. The van der Waals surface area contributed by atoms with Crippen molar-refractivity contribution in [1.82, 2.24) is 0 Å². The molecule has 0 aliphatic heterocycles. The van der Waals surface area contributed by atoms with Crippen LogP contribution in [0, 0.1) is 0 Å². The first-order chi connectivity index (χ1) is 14.1. The number of anilines is 2. The monoisotopic (exact) mass is 383 g/mol. The number of fused-ring (bicyclic) bond motifs is 1. The molecule has 0 amide bonds. The maximum absolute atomic E-state index is 12.5. The Hall–Kier alpha value is -3.66. The highest BCUT2D eigenvalue weighted by molar-refractivity contribution is 6.41. The highest BCUT2D eigenvalue weighted by Gasteiger charge is 2.32. The van der Waals surface area contributed by atoms with Crippen LogP contribution in [0.25, 0.3) is 6.08 Å². The van der Waals surface area contributed by atoms with Crippen LogP contribution in [0.15, 0.2) is 78.4 Å². The minimum absolute atomic E-state index is 0.207. The van der Waals surface area contributed by atoms with Gasteiger partial charge in [0.25, 0.3) is 0 Å². The minimum atomic E-state index is -0.207. The van der Waals surface area contributed by atoms with Gasteiger partial charge in [0.05, 0.1) is 12.2 Å². The Morgan fingerprint density at radius 2 is 1.31 bits per heavy atom. The van der Waals surface area contributed by atoms with Crippen molar-refractivity contribution < 1.29 is 14.3 Å². The van der Waals surface area contributed by atoms with Gasteiger partial charge in [-0.15, -0.1) is 0 Å². The van der Waals surface area contributed by atoms with E-state index in [9.17, 15) is 9.59 Å². The summed E-state index contributed by atoms with van der Waals surface area (Å²) in [5, 5.41) is 0. The van der Waals surface area contributed by atoms with Gasteiger partial charge in [-0.1, -0.05) is 36.4 Å². The van der Waals surface area contributed by atoms with Gasteiger partial charge >= 0.3 is 0 Å². The van der Waals surface area contributed by atoms with Crippen LogP contribution in [-0.4, -0.2) is 25.2 Å². The Morgan fingerprint density at radius 3 is 1.83 bits per heavy atom. The lowest BCUT2D eigenvalue weighted by molar-refractivity contribution is 0.0990. The van der Waals surface area contributed by atoms with Crippen molar-refractivity contribution in [1.29, 1.82) is 0 Å². The molecule has 4 rings (SSSR count). The second-order valence-electron chi connectivity index (χ2n) is 6.84. The molecule has 0 atom stereocenters. The molecular weight excluding hydrogens is 362 g/mol. The summed E-state index contributed by atoms with van der Waals surface area (Å²) in [6, 6.07) is 22.6. The van der Waals surface area contributed by atoms with Gasteiger partial charge in [-0.05, 0) is 55.0 Å². The first kappa shape index (κ1) is 18.7. The molecule has 0 radical (unpaired) electrons. The van der Waals surface area contributed by atoms with Crippen LogP contribution in [0.5, 0.6) is 5.75 Å². The van der Waals surface area contributed by atoms with E-state index in [4.69, 9.17) is 4.74 Å². The summed E-state index contributed by atoms with van der Waals surface area (Å²) < 4.78 is 5.49. The predicted molar refractivity (Wildman–Crippen MR) is 115 cm³/mol. The van der Waals surface area contributed by atoms with Gasteiger partial charge in [0, 0.05) is 29.5 Å². The van der Waals surface area contributed by atoms with E-state index in [1.54, 1.807) is 30.3 Å². The van der Waals surface area contributed by atoms with Crippen molar-refractivity contribution in [2.24, 2.45) is 0 Å². The van der Waals surface area contributed by atoms with E-state index in [-0.39, 0.29) is 17.1 Å². The summed E-state index contributed by atoms with van der Waals surface area (Å²) in [6.45, 7) is 2.60. The molecule has 3 aromatic rings. The third kappa shape index (κ3) is 3.57. The quantitative estimate of drug-likeness (QED) is 0.442. The zero-order chi connectivity index (χ0) is 20.4. The molecule has 0 bridgehead atoms. The maximum Gasteiger partial charge on any atom is 0.197 e. The number of allylic oxidation sites excluding steroid dienone is 1. The second-order valence-corrected chi connectivity index (χ2v) is 6.84. The molecule has 29 heavy (non-hydrogen) atoms. The Bertz CT molecular complexity index is 1060. The van der Waals surface area contributed by atoms with Crippen molar-refractivity contribution in [3.63, 3.8) is 0 Å². The summed E-state index contributed by atoms with van der Waals surface area (Å²) in [7, 11) is 1.99. The van der Waals surface area contributed by atoms with Crippen molar-refractivity contribution in [2.75, 3.05) is 18.6 Å². The average Bonchev–Trinajstić information content (AvgIpc) is 3.00. The molecule has 4 heteroatoms. The molecule has 3 aromatic carbocycles. The number of benzene rings is 3. The number of hydrogen-bond acceptors (Lipinski definition) is 4. The summed E-state index contributed by atoms with van der Waals surface area (Å²) >= 11 is 0. The first-order valence-corrected chi connectivity index (χ1v) is 9.55. The van der Waals surface area contributed by atoms with Crippen LogP contribution < -0.4 is 9.64 Å². The van der Waals surface area contributed by atoms with Crippen molar-refractivity contribution in [3.05, 3.63) is 95.1 Å². The van der Waals surface area contributed by atoms with Crippen molar-refractivity contribution in [2.45, 2.75) is 6.92 Å². The molecule has 0 heterocycles. The zero-order valence-corrected chi connectivity index (χ0v) is 16.4. The number of nitrogens with zero attached hydrogens (tertiary/aromatic N) is 1. The fourth-order valence-corrected chi connectivity index (χ4v) is 3.45. The van der Waals surface area contributed by atoms with Crippen molar-refractivity contribution in [3.8, 4) is 5.75 Å². The van der Waals surface area contributed by atoms with Crippen LogP contribution in [0.2, 0.25) is 0 Å². The second kappa shape index (κ2) is 7.76. The van der Waals surface area contributed by atoms with E-state index < -0.39 is 0 Å². The zero-order valence-electron chi connectivity index (χ0n) is 16.4. The number of carbonyl (C=O) groups excluding carboxylic acids is 2. The van der Waals surface area contributed by atoms with E-state index in [1.807, 2.05) is 62.5 Å². The topological polar surface area (TPSA) is 46.6 Å². The molecule has 0 N–H and O–H groups in total. The normalized spacial score (nSPS) is 12.7. The van der Waals surface area contributed by atoms with Gasteiger partial charge in [-0.25, -0.2) is 0 Å². The molecule has 1 aliphatic rings. The SMILES string of the molecule is CCOc1ccc(N(C)c2ccc(C=C3C(=O)c4ccccc4C3=O)cc2)cc1. The van der Waals surface area contributed by atoms with E-state index in [0.717, 1.165) is 22.7 Å². The lowest BCUT2D eigenvalue weighted by atomic mass is 10.1. The molecule has 0 saturated heterocycles. The van der Waals surface area contributed by atoms with Gasteiger partial charge < -0.3 is 9.64 Å². The first-order valence-electron chi connectivity index (χ1n) is 9.55. The maximum atomic E-state index is 12.5. The van der Waals surface area contributed by atoms with Gasteiger partial charge in [0.1, 0.15) is 5.75 Å². The Morgan fingerprint density at radius 1 is 0.793 bits per heavy atom. The summed E-state index contributed by atoms with van der Waals surface area (Å²) in [5.41, 5.74) is 4.04. The van der Waals surface area contributed by atoms with Crippen LogP contribution in [-0.2, 0) is 0 Å². The standard InChI is InChI=1S/C25H21NO3/c1-3-29-20-14-12-19(13-15-20)26(2)18-10-8-17(9-11-18)16-23-24(27)21-6-4-5-7-22(21)25(23)28/h4-16H,3H2,1-2H3. The number of ether oxygens (including phenoxy) is 1. The molecule has 0 spiro atoms. The number of rotatable bonds is 5. The molecular formula is C25H21NO3. The molecule has 0 saturated carbocycles. The number of Topliss-reactive ketones (excluding diaryl/α,β-unsaturated/α-hetero) is 2. The van der Waals surface area contributed by atoms with Crippen LogP contribution in [0.3, 0.4) is 0 Å². The third-order valence-corrected chi connectivity index (χ3v) is 5.03. The van der Waals surface area contributed by atoms with Gasteiger partial charge in [0.15, 0.2) is 11.6 Å². The minimum Gasteiger partial charge on any atom is -0.494 e. The van der Waals surface area contributed by atoms with Gasteiger partial charge in [0.2, 0.25) is 0 Å². The van der Waals surface area contributed by atoms with E-state index in [0.29, 0.717) is 17.7 Å². The van der Waals surface area contributed by atoms with E-state index >= 15 is 0 Å². The lowest BCUT2D eigenvalue weighted by Crippen LogP contribution is -2.09. The fraction of sp³-hybridized carbons (Fsp3) is 0.120. The molecule has 4 nitrogen and oxygen atoms in total. The van der Waals surface area contributed by atoms with E-state index in [2.05, 4.69) is 4.90 Å². The average molecular weight is 383 g/mol. The highest BCUT2D eigenvalue weighted by atomic mass is 16.5. The number of hydrogen-bond donors (Lipinski definition) is 0. The van der Waals surface area contributed by atoms with Gasteiger partial charge in [-0.2, -0.15) is 0 Å². The predicted octanol–water partition coefficient (Wildman–Crippen LogP) is 5.32. The molecule has 1 aliphatic carbocycles. The molecule has 0 unspecified atom stereocenters. The van der Waals surface area contributed by atoms with Gasteiger partial charge in [-0.3, -0.25) is 9.59 Å². The largest absolute Gasteiger partial charge is 0.494 e. The van der Waals surface area contributed by atoms with Crippen LogP contribution in [0.4, 0.5) is 11.4 Å². The summed E-state index contributed by atoms with van der Waals surface area (Å²) in [6.07, 6.45) is 1.67. The highest BCUT2D eigenvalue weighted by Crippen LogP contribution is 2.29. The summed E-state index contributed by atoms with van der Waals surface area (Å²) in [4.78, 5) is 27.1. The molecule has 0 fully saturated rings. The van der Waals surface area contributed by atoms with Crippen molar-refractivity contribution >= 4 is 29.0 Å². The smallest absolute Gasteiger partial charge is 0.197 e. The molecule has 144 valence electrons. The Balaban J connectivity index is 1.55.